The Labute approximate surface area is 133 Å². The van der Waals surface area contributed by atoms with Gasteiger partial charge in [-0.2, -0.15) is 13.2 Å². The van der Waals surface area contributed by atoms with Crippen LogP contribution in [0.1, 0.15) is 6.92 Å². The quantitative estimate of drug-likeness (QED) is 0.646. The van der Waals surface area contributed by atoms with E-state index in [4.69, 9.17) is 23.2 Å². The van der Waals surface area contributed by atoms with Crippen molar-refractivity contribution < 1.29 is 23.1 Å². The van der Waals surface area contributed by atoms with Crippen LogP contribution in [-0.4, -0.2) is 28.6 Å². The molecular weight excluding hydrogens is 344 g/mol. The van der Waals surface area contributed by atoms with Gasteiger partial charge in [-0.15, -0.1) is 0 Å². The Kier molecular flexibility index (Phi) is 4.39. The number of carbonyl (C=O) groups excluding carboxylic acids is 1. The van der Waals surface area contributed by atoms with Gasteiger partial charge in [0.2, 0.25) is 0 Å². The number of aliphatic hydroxyl groups excluding tert-OH is 1. The van der Waals surface area contributed by atoms with Crippen molar-refractivity contribution in [1.29, 1.82) is 0 Å². The summed E-state index contributed by atoms with van der Waals surface area (Å²) >= 11 is 11.5. The molecule has 2 heterocycles. The minimum Gasteiger partial charge on any atom is -0.506 e. The second-order valence-corrected chi connectivity index (χ2v) is 5.24. The summed E-state index contributed by atoms with van der Waals surface area (Å²) in [5.74, 6) is -1.15. The number of nitrogens with zero attached hydrogens (tertiary/aromatic N) is 2. The fourth-order valence-electron chi connectivity index (χ4n) is 2.23. The summed E-state index contributed by atoms with van der Waals surface area (Å²) < 4.78 is 39.5. The average Bonchev–Trinajstić information content (AvgIpc) is 2.41. The largest absolute Gasteiger partial charge is 0.506 e. The minimum atomic E-state index is -4.84. The maximum atomic E-state index is 13.2. The van der Waals surface area contributed by atoms with E-state index in [2.05, 4.69) is 4.98 Å². The van der Waals surface area contributed by atoms with Crippen molar-refractivity contribution in [2.45, 2.75) is 19.1 Å². The number of pyridine rings is 1. The maximum absolute atomic E-state index is 13.2. The van der Waals surface area contributed by atoms with E-state index in [0.717, 1.165) is 11.8 Å². The molecule has 0 saturated carbocycles. The van der Waals surface area contributed by atoms with Crippen LogP contribution < -0.4 is 4.90 Å². The summed E-state index contributed by atoms with van der Waals surface area (Å²) in [7, 11) is 0. The molecule has 22 heavy (non-hydrogen) atoms. The Morgan fingerprint density at radius 1 is 1.41 bits per heavy atom. The van der Waals surface area contributed by atoms with Gasteiger partial charge in [0.1, 0.15) is 28.8 Å². The predicted octanol–water partition coefficient (Wildman–Crippen LogP) is 3.97. The molecule has 0 bridgehead atoms. The van der Waals surface area contributed by atoms with E-state index in [-0.39, 0.29) is 16.5 Å². The molecule has 1 unspecified atom stereocenters. The van der Waals surface area contributed by atoms with E-state index in [1.165, 1.54) is 18.3 Å². The molecule has 4 nitrogen and oxygen atoms in total. The van der Waals surface area contributed by atoms with Gasteiger partial charge in [0, 0.05) is 17.6 Å². The van der Waals surface area contributed by atoms with Crippen LogP contribution in [0.15, 0.2) is 40.4 Å². The number of aromatic nitrogens is 1. The van der Waals surface area contributed by atoms with Crippen LogP contribution in [0.5, 0.6) is 0 Å². The standard InChI is InChI=1S/C13H9Cl2F3N2O2/c1-6-10(13(16,17)18)12(22)11(15)8(5-21)20(6)7-2-3-19-9(14)4-7/h2-5,8,22H,1H3. The van der Waals surface area contributed by atoms with Gasteiger partial charge in [0.05, 0.1) is 5.03 Å². The summed E-state index contributed by atoms with van der Waals surface area (Å²) in [5.41, 5.74) is -1.47. The fourth-order valence-corrected chi connectivity index (χ4v) is 2.64. The second-order valence-electron chi connectivity index (χ2n) is 4.44. The molecule has 0 aromatic carbocycles. The molecule has 0 fully saturated rings. The van der Waals surface area contributed by atoms with Crippen molar-refractivity contribution in [2.75, 3.05) is 4.90 Å². The Morgan fingerprint density at radius 3 is 2.55 bits per heavy atom. The zero-order chi connectivity index (χ0) is 16.7. The molecule has 1 aliphatic heterocycles. The van der Waals surface area contributed by atoms with Gasteiger partial charge in [-0.3, -0.25) is 0 Å². The third-order valence-electron chi connectivity index (χ3n) is 3.12. The van der Waals surface area contributed by atoms with E-state index in [1.54, 1.807) is 0 Å². The predicted molar refractivity (Wildman–Crippen MR) is 75.8 cm³/mol. The molecule has 118 valence electrons. The lowest BCUT2D eigenvalue weighted by Gasteiger charge is -2.36. The molecule has 1 N–H and O–H groups in total. The van der Waals surface area contributed by atoms with Crippen LogP contribution in [0, 0.1) is 0 Å². The summed E-state index contributed by atoms with van der Waals surface area (Å²) in [6.07, 6.45) is -3.22. The van der Waals surface area contributed by atoms with Gasteiger partial charge < -0.3 is 14.8 Å². The molecule has 2 rings (SSSR count). The van der Waals surface area contributed by atoms with Crippen molar-refractivity contribution in [3.05, 3.63) is 45.5 Å². The summed E-state index contributed by atoms with van der Waals surface area (Å²) in [6, 6.07) is 1.39. The van der Waals surface area contributed by atoms with Crippen molar-refractivity contribution in [2.24, 2.45) is 0 Å². The average molecular weight is 353 g/mol. The third kappa shape index (κ3) is 2.78. The van der Waals surface area contributed by atoms with E-state index in [1.807, 2.05) is 0 Å². The summed E-state index contributed by atoms with van der Waals surface area (Å²) in [6.45, 7) is 1.13. The Morgan fingerprint density at radius 2 is 2.05 bits per heavy atom. The number of aliphatic hydroxyl groups is 1. The number of alkyl halides is 3. The van der Waals surface area contributed by atoms with Gasteiger partial charge in [0.25, 0.3) is 0 Å². The van der Waals surface area contributed by atoms with Gasteiger partial charge in [-0.25, -0.2) is 4.98 Å². The van der Waals surface area contributed by atoms with Crippen LogP contribution in [0.25, 0.3) is 0 Å². The number of anilines is 1. The highest BCUT2D eigenvalue weighted by Crippen LogP contribution is 2.42. The Bertz CT molecular complexity index is 686. The molecule has 0 radical (unpaired) electrons. The smallest absolute Gasteiger partial charge is 0.421 e. The minimum absolute atomic E-state index is 0.0402. The van der Waals surface area contributed by atoms with E-state index < -0.39 is 28.6 Å². The first-order chi connectivity index (χ1) is 10.2. The van der Waals surface area contributed by atoms with Gasteiger partial charge in [0.15, 0.2) is 0 Å². The summed E-state index contributed by atoms with van der Waals surface area (Å²) in [5, 5.41) is 9.14. The van der Waals surface area contributed by atoms with Crippen molar-refractivity contribution in [3.8, 4) is 0 Å². The fraction of sp³-hybridized carbons (Fsp3) is 0.231. The molecule has 0 saturated heterocycles. The van der Waals surface area contributed by atoms with Crippen LogP contribution in [0.3, 0.4) is 0 Å². The van der Waals surface area contributed by atoms with Crippen LogP contribution in [0.4, 0.5) is 18.9 Å². The topological polar surface area (TPSA) is 53.4 Å². The third-order valence-corrected chi connectivity index (χ3v) is 3.73. The highest BCUT2D eigenvalue weighted by molar-refractivity contribution is 6.32. The molecule has 0 aliphatic carbocycles. The highest BCUT2D eigenvalue weighted by atomic mass is 35.5. The molecule has 1 aliphatic rings. The lowest BCUT2D eigenvalue weighted by atomic mass is 10.0. The number of hydrogen-bond acceptors (Lipinski definition) is 4. The normalized spacial score (nSPS) is 19.7. The SMILES string of the molecule is CC1=C(C(F)(F)F)C(O)=C(Cl)C(C=O)N1c1ccnc(Cl)c1. The van der Waals surface area contributed by atoms with Gasteiger partial charge in [-0.05, 0) is 19.1 Å². The number of aldehydes is 1. The van der Waals surface area contributed by atoms with Crippen molar-refractivity contribution in [3.63, 3.8) is 0 Å². The lowest BCUT2D eigenvalue weighted by Crippen LogP contribution is -2.42. The Hall–Kier alpha value is -1.73. The summed E-state index contributed by atoms with van der Waals surface area (Å²) in [4.78, 5) is 16.0. The van der Waals surface area contributed by atoms with Crippen LogP contribution in [-0.2, 0) is 4.79 Å². The first kappa shape index (κ1) is 16.6. The number of allylic oxidation sites excluding steroid dienone is 2. The molecular formula is C13H9Cl2F3N2O2. The molecule has 9 heteroatoms. The van der Waals surface area contributed by atoms with E-state index >= 15 is 0 Å². The zero-order valence-corrected chi connectivity index (χ0v) is 12.5. The Balaban J connectivity index is 2.70. The number of hydrogen-bond donors (Lipinski definition) is 1. The van der Waals surface area contributed by atoms with Gasteiger partial charge >= 0.3 is 6.18 Å². The first-order valence-corrected chi connectivity index (χ1v) is 6.67. The maximum Gasteiger partial charge on any atom is 0.421 e. The van der Waals surface area contributed by atoms with E-state index in [9.17, 15) is 23.1 Å². The molecule has 0 spiro atoms. The molecule has 1 aromatic heterocycles. The monoisotopic (exact) mass is 352 g/mol. The number of halogens is 5. The van der Waals surface area contributed by atoms with Crippen LogP contribution in [0.2, 0.25) is 5.15 Å². The second kappa shape index (κ2) is 5.81. The first-order valence-electron chi connectivity index (χ1n) is 5.91. The molecule has 1 aromatic rings. The lowest BCUT2D eigenvalue weighted by molar-refractivity contribution is -0.108. The number of rotatable bonds is 2. The number of carbonyl (C=O) groups is 1. The molecule has 0 amide bonds. The van der Waals surface area contributed by atoms with Crippen LogP contribution >= 0.6 is 23.2 Å². The molecule has 1 atom stereocenters. The highest BCUT2D eigenvalue weighted by Gasteiger charge is 2.45. The van der Waals surface area contributed by atoms with Crippen molar-refractivity contribution >= 4 is 35.2 Å². The zero-order valence-electron chi connectivity index (χ0n) is 11.0. The van der Waals surface area contributed by atoms with Gasteiger partial charge in [-0.1, -0.05) is 23.2 Å². The van der Waals surface area contributed by atoms with Crippen molar-refractivity contribution in [1.82, 2.24) is 4.98 Å². The van der Waals surface area contributed by atoms with E-state index in [0.29, 0.717) is 6.29 Å².